The zero-order chi connectivity index (χ0) is 10.6. The molecule has 0 aliphatic heterocycles. The molecule has 2 unspecified atom stereocenters. The standard InChI is InChI=1S/C8H15NO4/c1-4-8(3,7(12)13)9-5(2)6(10)11/h5,9H,4H2,1-3H3,(H,10,11)(H,12,13). The van der Waals surface area contributed by atoms with Crippen molar-refractivity contribution in [1.82, 2.24) is 5.32 Å². The van der Waals surface area contributed by atoms with E-state index in [9.17, 15) is 9.59 Å². The Morgan fingerprint density at radius 1 is 1.46 bits per heavy atom. The highest BCUT2D eigenvalue weighted by Crippen LogP contribution is 2.10. The number of carbonyl (C=O) groups is 2. The fourth-order valence-corrected chi connectivity index (χ4v) is 0.855. The van der Waals surface area contributed by atoms with Gasteiger partial charge in [-0.3, -0.25) is 14.9 Å². The third-order valence-corrected chi connectivity index (χ3v) is 2.08. The molecule has 13 heavy (non-hydrogen) atoms. The van der Waals surface area contributed by atoms with Gasteiger partial charge in [0, 0.05) is 0 Å². The van der Waals surface area contributed by atoms with Gasteiger partial charge in [0.05, 0.1) is 0 Å². The molecule has 0 saturated carbocycles. The molecule has 0 bridgehead atoms. The molecule has 0 saturated heterocycles. The van der Waals surface area contributed by atoms with E-state index in [4.69, 9.17) is 10.2 Å². The minimum absolute atomic E-state index is 0.333. The Morgan fingerprint density at radius 3 is 2.15 bits per heavy atom. The van der Waals surface area contributed by atoms with Gasteiger partial charge in [-0.05, 0) is 20.3 Å². The number of hydrogen-bond acceptors (Lipinski definition) is 3. The van der Waals surface area contributed by atoms with Gasteiger partial charge in [-0.2, -0.15) is 0 Å². The first-order chi connectivity index (χ1) is 5.83. The molecule has 3 N–H and O–H groups in total. The number of carboxylic acids is 2. The zero-order valence-corrected chi connectivity index (χ0v) is 8.00. The maximum Gasteiger partial charge on any atom is 0.323 e. The fourth-order valence-electron chi connectivity index (χ4n) is 0.855. The van der Waals surface area contributed by atoms with Crippen LogP contribution in [0.15, 0.2) is 0 Å². The third-order valence-electron chi connectivity index (χ3n) is 2.08. The van der Waals surface area contributed by atoms with Gasteiger partial charge in [-0.25, -0.2) is 0 Å². The van der Waals surface area contributed by atoms with Crippen LogP contribution in [0.1, 0.15) is 27.2 Å². The molecule has 0 aromatic carbocycles. The lowest BCUT2D eigenvalue weighted by Gasteiger charge is -2.26. The van der Waals surface area contributed by atoms with Crippen molar-refractivity contribution in [2.24, 2.45) is 0 Å². The summed E-state index contributed by atoms with van der Waals surface area (Å²) in [6.07, 6.45) is 0.333. The van der Waals surface area contributed by atoms with Crippen molar-refractivity contribution >= 4 is 11.9 Å². The van der Waals surface area contributed by atoms with E-state index in [1.165, 1.54) is 13.8 Å². The van der Waals surface area contributed by atoms with Crippen LogP contribution >= 0.6 is 0 Å². The van der Waals surface area contributed by atoms with E-state index >= 15 is 0 Å². The molecule has 76 valence electrons. The van der Waals surface area contributed by atoms with E-state index < -0.39 is 23.5 Å². The van der Waals surface area contributed by atoms with Crippen LogP contribution in [0.3, 0.4) is 0 Å². The molecule has 0 fully saturated rings. The van der Waals surface area contributed by atoms with Gasteiger partial charge in [0.2, 0.25) is 0 Å². The Balaban J connectivity index is 4.45. The molecule has 5 heteroatoms. The van der Waals surface area contributed by atoms with Crippen LogP contribution in [0.25, 0.3) is 0 Å². The molecular weight excluding hydrogens is 174 g/mol. The Kier molecular flexibility index (Phi) is 3.87. The number of rotatable bonds is 5. The molecule has 0 aromatic rings. The van der Waals surface area contributed by atoms with Gasteiger partial charge in [0.15, 0.2) is 0 Å². The second-order valence-corrected chi connectivity index (χ2v) is 3.20. The first-order valence-electron chi connectivity index (χ1n) is 4.07. The van der Waals surface area contributed by atoms with Crippen molar-refractivity contribution in [3.8, 4) is 0 Å². The summed E-state index contributed by atoms with van der Waals surface area (Å²) >= 11 is 0. The average molecular weight is 189 g/mol. The summed E-state index contributed by atoms with van der Waals surface area (Å²) in [6, 6.07) is -0.860. The van der Waals surface area contributed by atoms with Crippen molar-refractivity contribution in [3.63, 3.8) is 0 Å². The quantitative estimate of drug-likeness (QED) is 0.579. The number of hydrogen-bond donors (Lipinski definition) is 3. The molecule has 0 radical (unpaired) electrons. The lowest BCUT2D eigenvalue weighted by Crippen LogP contribution is -2.54. The van der Waals surface area contributed by atoms with E-state index in [0.29, 0.717) is 6.42 Å². The Labute approximate surface area is 76.8 Å². The molecule has 0 aliphatic rings. The molecule has 5 nitrogen and oxygen atoms in total. The van der Waals surface area contributed by atoms with Crippen molar-refractivity contribution in [3.05, 3.63) is 0 Å². The number of carboxylic acid groups (broad SMARTS) is 2. The summed E-state index contributed by atoms with van der Waals surface area (Å²) in [5.74, 6) is -2.09. The van der Waals surface area contributed by atoms with Crippen LogP contribution in [-0.4, -0.2) is 33.7 Å². The van der Waals surface area contributed by atoms with Crippen LogP contribution in [-0.2, 0) is 9.59 Å². The van der Waals surface area contributed by atoms with Crippen LogP contribution in [0.4, 0.5) is 0 Å². The largest absolute Gasteiger partial charge is 0.480 e. The fraction of sp³-hybridized carbons (Fsp3) is 0.750. The van der Waals surface area contributed by atoms with Gasteiger partial charge >= 0.3 is 11.9 Å². The molecule has 0 rings (SSSR count). The lowest BCUT2D eigenvalue weighted by atomic mass is 9.98. The predicted molar refractivity (Wildman–Crippen MR) is 46.6 cm³/mol. The number of aliphatic carboxylic acids is 2. The average Bonchev–Trinajstić information content (AvgIpc) is 2.03. The Morgan fingerprint density at radius 2 is 1.92 bits per heavy atom. The first kappa shape index (κ1) is 11.9. The molecule has 0 spiro atoms. The highest BCUT2D eigenvalue weighted by atomic mass is 16.4. The summed E-state index contributed by atoms with van der Waals surface area (Å²) in [7, 11) is 0. The Hall–Kier alpha value is -1.10. The van der Waals surface area contributed by atoms with Crippen LogP contribution in [0, 0.1) is 0 Å². The van der Waals surface area contributed by atoms with Gasteiger partial charge in [0.25, 0.3) is 0 Å². The zero-order valence-electron chi connectivity index (χ0n) is 8.00. The maximum atomic E-state index is 10.8. The van der Waals surface area contributed by atoms with Crippen molar-refractivity contribution < 1.29 is 19.8 Å². The molecule has 0 aromatic heterocycles. The molecule has 0 amide bonds. The lowest BCUT2D eigenvalue weighted by molar-refractivity contribution is -0.146. The summed E-state index contributed by atoms with van der Waals surface area (Å²) in [5.41, 5.74) is -1.17. The molecule has 2 atom stereocenters. The van der Waals surface area contributed by atoms with Crippen molar-refractivity contribution in [1.29, 1.82) is 0 Å². The monoisotopic (exact) mass is 189 g/mol. The van der Waals surface area contributed by atoms with E-state index in [1.54, 1.807) is 6.92 Å². The van der Waals surface area contributed by atoms with Gasteiger partial charge < -0.3 is 10.2 Å². The van der Waals surface area contributed by atoms with Crippen molar-refractivity contribution in [2.75, 3.05) is 0 Å². The smallest absolute Gasteiger partial charge is 0.323 e. The highest BCUT2D eigenvalue weighted by Gasteiger charge is 2.33. The van der Waals surface area contributed by atoms with Crippen molar-refractivity contribution in [2.45, 2.75) is 38.8 Å². The van der Waals surface area contributed by atoms with Crippen LogP contribution < -0.4 is 5.32 Å². The summed E-state index contributed by atoms with van der Waals surface area (Å²) < 4.78 is 0. The normalized spacial score (nSPS) is 17.5. The first-order valence-corrected chi connectivity index (χ1v) is 4.07. The molecule has 0 heterocycles. The maximum absolute atomic E-state index is 10.8. The predicted octanol–water partition coefficient (Wildman–Crippen LogP) is 0.302. The van der Waals surface area contributed by atoms with E-state index in [-0.39, 0.29) is 0 Å². The van der Waals surface area contributed by atoms with Gasteiger partial charge in [0.1, 0.15) is 11.6 Å². The molecular formula is C8H15NO4. The highest BCUT2D eigenvalue weighted by molar-refractivity contribution is 5.80. The topological polar surface area (TPSA) is 86.6 Å². The van der Waals surface area contributed by atoms with Gasteiger partial charge in [-0.15, -0.1) is 0 Å². The third kappa shape index (κ3) is 3.02. The summed E-state index contributed by atoms with van der Waals surface area (Å²) in [6.45, 7) is 4.57. The van der Waals surface area contributed by atoms with Crippen LogP contribution in [0.2, 0.25) is 0 Å². The second kappa shape index (κ2) is 4.23. The number of nitrogens with one attached hydrogen (secondary N) is 1. The minimum atomic E-state index is -1.17. The minimum Gasteiger partial charge on any atom is -0.480 e. The summed E-state index contributed by atoms with van der Waals surface area (Å²) in [5, 5.41) is 19.9. The second-order valence-electron chi connectivity index (χ2n) is 3.20. The van der Waals surface area contributed by atoms with Crippen LogP contribution in [0.5, 0.6) is 0 Å². The van der Waals surface area contributed by atoms with E-state index in [1.807, 2.05) is 0 Å². The van der Waals surface area contributed by atoms with Gasteiger partial charge in [-0.1, -0.05) is 6.92 Å². The summed E-state index contributed by atoms with van der Waals surface area (Å²) in [4.78, 5) is 21.2. The van der Waals surface area contributed by atoms with E-state index in [0.717, 1.165) is 0 Å². The molecule has 0 aliphatic carbocycles. The Bertz CT molecular complexity index is 216. The SMILES string of the molecule is CCC(C)(NC(C)C(=O)O)C(=O)O. The van der Waals surface area contributed by atoms with E-state index in [2.05, 4.69) is 5.32 Å².